The fraction of sp³-hybridized carbons (Fsp3) is 0.600. The van der Waals surface area contributed by atoms with Gasteiger partial charge in [-0.05, 0) is 13.3 Å². The van der Waals surface area contributed by atoms with Crippen molar-refractivity contribution < 1.29 is 24.3 Å². The van der Waals surface area contributed by atoms with Crippen molar-refractivity contribution in [3.05, 3.63) is 0 Å². The number of aliphatic carboxylic acids is 1. The number of hydrogen-bond acceptors (Lipinski definition) is 5. The minimum absolute atomic E-state index is 0.117. The first-order valence-corrected chi connectivity index (χ1v) is 5.58. The predicted octanol–water partition coefficient (Wildman–Crippen LogP) is -2.72. The van der Waals surface area contributed by atoms with Gasteiger partial charge in [-0.3, -0.25) is 14.4 Å². The molecule has 0 aliphatic heterocycles. The van der Waals surface area contributed by atoms with E-state index < -0.39 is 35.8 Å². The van der Waals surface area contributed by atoms with E-state index in [0.717, 1.165) is 0 Å². The Bertz CT molecular complexity index is 371. The van der Waals surface area contributed by atoms with Crippen LogP contribution in [0.5, 0.6) is 0 Å². The van der Waals surface area contributed by atoms with Crippen LogP contribution in [0.15, 0.2) is 0 Å². The van der Waals surface area contributed by atoms with Gasteiger partial charge in [0.25, 0.3) is 0 Å². The topological polar surface area (TPSA) is 165 Å². The number of nitrogens with one attached hydrogen (secondary N) is 2. The molecule has 0 fully saturated rings. The lowest BCUT2D eigenvalue weighted by atomic mass is 10.1. The largest absolute Gasteiger partial charge is 0.480 e. The summed E-state index contributed by atoms with van der Waals surface area (Å²) < 4.78 is 0. The van der Waals surface area contributed by atoms with Crippen LogP contribution in [-0.4, -0.2) is 47.4 Å². The summed E-state index contributed by atoms with van der Waals surface area (Å²) in [7, 11) is 0. The summed E-state index contributed by atoms with van der Waals surface area (Å²) in [5.74, 6) is -3.16. The summed E-state index contributed by atoms with van der Waals surface area (Å²) in [5.41, 5.74) is 9.96. The molecule has 7 N–H and O–H groups in total. The number of carboxylic acids is 1. The molecule has 0 spiro atoms. The second kappa shape index (κ2) is 8.03. The molecular formula is C10H18N4O5. The van der Waals surface area contributed by atoms with Crippen molar-refractivity contribution in [1.29, 1.82) is 0 Å². The van der Waals surface area contributed by atoms with Gasteiger partial charge in [0.15, 0.2) is 0 Å². The molecule has 0 saturated heterocycles. The average Bonchev–Trinajstić information content (AvgIpc) is 2.32. The summed E-state index contributed by atoms with van der Waals surface area (Å²) in [6.45, 7) is 1.11. The van der Waals surface area contributed by atoms with E-state index in [1.807, 2.05) is 0 Å². The number of carbonyl (C=O) groups is 4. The van der Waals surface area contributed by atoms with E-state index >= 15 is 0 Å². The van der Waals surface area contributed by atoms with Crippen molar-refractivity contribution in [1.82, 2.24) is 10.6 Å². The van der Waals surface area contributed by atoms with Gasteiger partial charge in [-0.2, -0.15) is 0 Å². The van der Waals surface area contributed by atoms with Crippen LogP contribution in [0.4, 0.5) is 0 Å². The van der Waals surface area contributed by atoms with E-state index in [0.29, 0.717) is 0 Å². The summed E-state index contributed by atoms with van der Waals surface area (Å²) in [5, 5.41) is 13.3. The number of carbonyl (C=O) groups excluding carboxylic acids is 3. The molecule has 9 heteroatoms. The highest BCUT2D eigenvalue weighted by Gasteiger charge is 2.23. The molecule has 0 bridgehead atoms. The Labute approximate surface area is 109 Å². The monoisotopic (exact) mass is 274 g/mol. The molecule has 0 aromatic carbocycles. The van der Waals surface area contributed by atoms with Gasteiger partial charge in [-0.15, -0.1) is 0 Å². The Morgan fingerprint density at radius 3 is 2.21 bits per heavy atom. The van der Waals surface area contributed by atoms with E-state index in [1.54, 1.807) is 0 Å². The van der Waals surface area contributed by atoms with Gasteiger partial charge in [0.2, 0.25) is 17.7 Å². The van der Waals surface area contributed by atoms with Crippen LogP contribution < -0.4 is 22.1 Å². The molecule has 0 aromatic heterocycles. The molecule has 0 heterocycles. The van der Waals surface area contributed by atoms with Gasteiger partial charge in [-0.25, -0.2) is 4.79 Å². The van der Waals surface area contributed by atoms with Crippen molar-refractivity contribution in [2.24, 2.45) is 11.5 Å². The fourth-order valence-electron chi connectivity index (χ4n) is 1.21. The van der Waals surface area contributed by atoms with E-state index in [1.165, 1.54) is 6.92 Å². The maximum atomic E-state index is 11.6. The minimum atomic E-state index is -1.29. The van der Waals surface area contributed by atoms with Crippen molar-refractivity contribution in [3.63, 3.8) is 0 Å². The van der Waals surface area contributed by atoms with Gasteiger partial charge >= 0.3 is 5.97 Å². The van der Waals surface area contributed by atoms with Crippen LogP contribution in [0, 0.1) is 0 Å². The molecule has 0 saturated carbocycles. The lowest BCUT2D eigenvalue weighted by Gasteiger charge is -2.18. The van der Waals surface area contributed by atoms with Gasteiger partial charge < -0.3 is 27.2 Å². The quantitative estimate of drug-likeness (QED) is 0.322. The Morgan fingerprint density at radius 2 is 1.79 bits per heavy atom. The van der Waals surface area contributed by atoms with Crippen LogP contribution >= 0.6 is 0 Å². The summed E-state index contributed by atoms with van der Waals surface area (Å²) >= 11 is 0. The van der Waals surface area contributed by atoms with Crippen molar-refractivity contribution in [3.8, 4) is 0 Å². The third-order valence-electron chi connectivity index (χ3n) is 2.25. The van der Waals surface area contributed by atoms with E-state index in [-0.39, 0.29) is 19.4 Å². The highest BCUT2D eigenvalue weighted by Crippen LogP contribution is 1.98. The second-order valence-electron chi connectivity index (χ2n) is 3.90. The Balaban J connectivity index is 4.41. The summed E-state index contributed by atoms with van der Waals surface area (Å²) in [4.78, 5) is 44.0. The van der Waals surface area contributed by atoms with Gasteiger partial charge in [0.05, 0.1) is 6.54 Å². The number of hydrogen-bond donors (Lipinski definition) is 5. The molecular weight excluding hydrogens is 256 g/mol. The maximum Gasteiger partial charge on any atom is 0.326 e. The predicted molar refractivity (Wildman–Crippen MR) is 64.7 cm³/mol. The first-order valence-electron chi connectivity index (χ1n) is 5.58. The molecule has 108 valence electrons. The molecule has 19 heavy (non-hydrogen) atoms. The molecule has 0 rings (SSSR count). The third kappa shape index (κ3) is 6.99. The van der Waals surface area contributed by atoms with Crippen LogP contribution in [0.3, 0.4) is 0 Å². The first kappa shape index (κ1) is 16.8. The second-order valence-corrected chi connectivity index (χ2v) is 3.90. The molecule has 0 aliphatic carbocycles. The molecule has 2 atom stereocenters. The molecule has 0 aromatic rings. The van der Waals surface area contributed by atoms with Gasteiger partial charge in [0.1, 0.15) is 12.1 Å². The summed E-state index contributed by atoms with van der Waals surface area (Å²) in [6, 6.07) is -2.16. The highest BCUT2D eigenvalue weighted by atomic mass is 16.4. The summed E-state index contributed by atoms with van der Waals surface area (Å²) in [6.07, 6.45) is -0.283. The lowest BCUT2D eigenvalue weighted by molar-refractivity contribution is -0.142. The number of carboxylic acid groups (broad SMARTS) is 1. The van der Waals surface area contributed by atoms with Crippen molar-refractivity contribution >= 4 is 23.7 Å². The highest BCUT2D eigenvalue weighted by molar-refractivity contribution is 5.90. The zero-order valence-electron chi connectivity index (χ0n) is 10.5. The molecule has 3 amide bonds. The normalized spacial score (nSPS) is 13.2. The number of nitrogens with two attached hydrogens (primary N) is 2. The standard InChI is InChI=1S/C10H18N4O5/c1-5(13-8(16)4-11)9(17)14-6(10(18)19)2-3-7(12)15/h5-6H,2-4,11H2,1H3,(H2,12,15)(H,13,16)(H,14,17)(H,18,19). The van der Waals surface area contributed by atoms with Crippen LogP contribution in [-0.2, 0) is 19.2 Å². The van der Waals surface area contributed by atoms with E-state index in [9.17, 15) is 19.2 Å². The third-order valence-corrected chi connectivity index (χ3v) is 2.25. The van der Waals surface area contributed by atoms with Crippen molar-refractivity contribution in [2.45, 2.75) is 31.8 Å². The lowest BCUT2D eigenvalue weighted by Crippen LogP contribution is -2.51. The van der Waals surface area contributed by atoms with E-state index in [4.69, 9.17) is 16.6 Å². The Kier molecular flexibility index (Phi) is 7.12. The van der Waals surface area contributed by atoms with Gasteiger partial charge in [-0.1, -0.05) is 0 Å². The van der Waals surface area contributed by atoms with E-state index in [2.05, 4.69) is 10.6 Å². The molecule has 9 nitrogen and oxygen atoms in total. The zero-order chi connectivity index (χ0) is 15.0. The van der Waals surface area contributed by atoms with Crippen LogP contribution in [0.2, 0.25) is 0 Å². The van der Waals surface area contributed by atoms with Crippen molar-refractivity contribution in [2.75, 3.05) is 6.54 Å². The Morgan fingerprint density at radius 1 is 1.21 bits per heavy atom. The average molecular weight is 274 g/mol. The zero-order valence-corrected chi connectivity index (χ0v) is 10.5. The van der Waals surface area contributed by atoms with Gasteiger partial charge in [0, 0.05) is 6.42 Å². The fourth-order valence-corrected chi connectivity index (χ4v) is 1.21. The Hall–Kier alpha value is -2.16. The molecule has 0 radical (unpaired) electrons. The van der Waals surface area contributed by atoms with Crippen LogP contribution in [0.25, 0.3) is 0 Å². The number of rotatable bonds is 8. The number of amides is 3. The maximum absolute atomic E-state index is 11.6. The minimum Gasteiger partial charge on any atom is -0.480 e. The molecule has 0 aliphatic rings. The van der Waals surface area contributed by atoms with Crippen LogP contribution in [0.1, 0.15) is 19.8 Å². The number of primary amides is 1. The SMILES string of the molecule is CC(NC(=O)CN)C(=O)NC(CCC(N)=O)C(=O)O. The first-order chi connectivity index (χ1) is 8.77. The smallest absolute Gasteiger partial charge is 0.326 e. The molecule has 2 unspecified atom stereocenters.